The molecule has 5 nitrogen and oxygen atoms in total. The first-order valence-corrected chi connectivity index (χ1v) is 9.90. The van der Waals surface area contributed by atoms with Gasteiger partial charge in [0.2, 0.25) is 0 Å². The minimum atomic E-state index is 0.872. The summed E-state index contributed by atoms with van der Waals surface area (Å²) in [5, 5.41) is 8.13. The number of fused-ring (bicyclic) bond motifs is 1. The number of nitrogens with one attached hydrogen (secondary N) is 1. The third-order valence-corrected chi connectivity index (χ3v) is 5.12. The van der Waals surface area contributed by atoms with Gasteiger partial charge in [-0.25, -0.2) is 4.98 Å². The molecule has 0 amide bonds. The van der Waals surface area contributed by atoms with Crippen LogP contribution in [0.1, 0.15) is 48.9 Å². The fraction of sp³-hybridized carbons (Fsp3) is 0.455. The van der Waals surface area contributed by atoms with Crippen molar-refractivity contribution in [1.29, 1.82) is 0 Å². The number of nitrogens with zero attached hydrogens (tertiary/aromatic N) is 4. The normalized spacial score (nSPS) is 11.2. The summed E-state index contributed by atoms with van der Waals surface area (Å²) in [6.07, 6.45) is 4.03. The second kappa shape index (κ2) is 7.99. The maximum Gasteiger partial charge on any atom is 0.159 e. The standard InChI is InChI=1S/C22H31N5/c1-7-11-26(12-8-2)22-18(6)21(25-20-9-10-23-27(20)22)24-19-14-16(4)15(3)13-17(19)5/h9-10,13-14H,7-8,11-12H2,1-6H3,(H,24,25). The van der Waals surface area contributed by atoms with Crippen LogP contribution in [-0.4, -0.2) is 27.7 Å². The Labute approximate surface area is 162 Å². The van der Waals surface area contributed by atoms with E-state index >= 15 is 0 Å². The Morgan fingerprint density at radius 2 is 1.63 bits per heavy atom. The van der Waals surface area contributed by atoms with Gasteiger partial charge in [0.25, 0.3) is 0 Å². The number of benzene rings is 1. The number of rotatable bonds is 7. The van der Waals surface area contributed by atoms with E-state index < -0.39 is 0 Å². The van der Waals surface area contributed by atoms with Crippen molar-refractivity contribution in [3.05, 3.63) is 46.6 Å². The highest BCUT2D eigenvalue weighted by atomic mass is 15.4. The largest absolute Gasteiger partial charge is 0.356 e. The molecule has 0 fully saturated rings. The van der Waals surface area contributed by atoms with Crippen LogP contribution in [0.15, 0.2) is 24.4 Å². The van der Waals surface area contributed by atoms with Crippen LogP contribution in [-0.2, 0) is 0 Å². The lowest BCUT2D eigenvalue weighted by molar-refractivity contribution is 0.712. The van der Waals surface area contributed by atoms with Gasteiger partial charge in [0.05, 0.1) is 6.20 Å². The molecular formula is C22H31N5. The minimum absolute atomic E-state index is 0.872. The van der Waals surface area contributed by atoms with Gasteiger partial charge in [0.1, 0.15) is 11.6 Å². The summed E-state index contributed by atoms with van der Waals surface area (Å²) < 4.78 is 1.97. The third-order valence-electron chi connectivity index (χ3n) is 5.12. The Hall–Kier alpha value is -2.56. The van der Waals surface area contributed by atoms with E-state index in [9.17, 15) is 0 Å². The van der Waals surface area contributed by atoms with Gasteiger partial charge in [-0.1, -0.05) is 19.9 Å². The molecule has 0 bridgehead atoms. The van der Waals surface area contributed by atoms with Crippen molar-refractivity contribution >= 4 is 23.0 Å². The first-order chi connectivity index (χ1) is 13.0. The van der Waals surface area contributed by atoms with Crippen LogP contribution in [0.25, 0.3) is 5.65 Å². The highest BCUT2D eigenvalue weighted by Gasteiger charge is 2.18. The average molecular weight is 366 g/mol. The maximum atomic E-state index is 4.85. The number of aryl methyl sites for hydroxylation is 3. The van der Waals surface area contributed by atoms with Crippen LogP contribution in [0.3, 0.4) is 0 Å². The second-order valence-electron chi connectivity index (χ2n) is 7.37. The average Bonchev–Trinajstić information content (AvgIpc) is 3.08. The maximum absolute atomic E-state index is 4.85. The molecule has 0 spiro atoms. The second-order valence-corrected chi connectivity index (χ2v) is 7.37. The monoisotopic (exact) mass is 365 g/mol. The van der Waals surface area contributed by atoms with Gasteiger partial charge >= 0.3 is 0 Å². The zero-order valence-electron chi connectivity index (χ0n) is 17.4. The first kappa shape index (κ1) is 19.2. The summed E-state index contributed by atoms with van der Waals surface area (Å²) in [4.78, 5) is 7.28. The fourth-order valence-electron chi connectivity index (χ4n) is 3.59. The van der Waals surface area contributed by atoms with E-state index in [0.717, 1.165) is 54.5 Å². The number of hydrogen-bond donors (Lipinski definition) is 1. The highest BCUT2D eigenvalue weighted by molar-refractivity contribution is 5.71. The summed E-state index contributed by atoms with van der Waals surface area (Å²) >= 11 is 0. The Balaban J connectivity index is 2.12. The number of anilines is 3. The summed E-state index contributed by atoms with van der Waals surface area (Å²) in [6, 6.07) is 6.41. The van der Waals surface area contributed by atoms with Gasteiger partial charge in [-0.15, -0.1) is 0 Å². The Bertz CT molecular complexity index is 936. The van der Waals surface area contributed by atoms with Crippen molar-refractivity contribution < 1.29 is 0 Å². The molecule has 3 aromatic rings. The van der Waals surface area contributed by atoms with Crippen molar-refractivity contribution in [3.8, 4) is 0 Å². The molecule has 0 aliphatic heterocycles. The lowest BCUT2D eigenvalue weighted by Crippen LogP contribution is -2.28. The van der Waals surface area contributed by atoms with Gasteiger partial charge < -0.3 is 10.2 Å². The van der Waals surface area contributed by atoms with E-state index in [1.807, 2.05) is 16.8 Å². The molecule has 2 heterocycles. The lowest BCUT2D eigenvalue weighted by Gasteiger charge is -2.27. The summed E-state index contributed by atoms with van der Waals surface area (Å²) in [5.41, 5.74) is 6.94. The smallest absolute Gasteiger partial charge is 0.159 e. The van der Waals surface area contributed by atoms with Crippen molar-refractivity contribution in [2.24, 2.45) is 0 Å². The van der Waals surface area contributed by atoms with Crippen molar-refractivity contribution in [2.45, 2.75) is 54.4 Å². The molecule has 0 radical (unpaired) electrons. The topological polar surface area (TPSA) is 45.5 Å². The van der Waals surface area contributed by atoms with Crippen molar-refractivity contribution in [2.75, 3.05) is 23.3 Å². The van der Waals surface area contributed by atoms with Crippen molar-refractivity contribution in [1.82, 2.24) is 14.6 Å². The minimum Gasteiger partial charge on any atom is -0.356 e. The van der Waals surface area contributed by atoms with Crippen LogP contribution in [0.5, 0.6) is 0 Å². The van der Waals surface area contributed by atoms with Gasteiger partial charge in [-0.3, -0.25) is 0 Å². The van der Waals surface area contributed by atoms with E-state index in [0.29, 0.717) is 0 Å². The molecule has 0 unspecified atom stereocenters. The zero-order chi connectivity index (χ0) is 19.6. The third kappa shape index (κ3) is 3.77. The molecule has 0 aliphatic rings. The van der Waals surface area contributed by atoms with Gasteiger partial charge in [0, 0.05) is 30.4 Å². The predicted octanol–water partition coefficient (Wildman–Crippen LogP) is 5.33. The molecular weight excluding hydrogens is 334 g/mol. The van der Waals surface area contributed by atoms with Gasteiger partial charge in [-0.2, -0.15) is 9.61 Å². The highest BCUT2D eigenvalue weighted by Crippen LogP contribution is 2.31. The molecule has 0 saturated heterocycles. The van der Waals surface area contributed by atoms with E-state index in [-0.39, 0.29) is 0 Å². The van der Waals surface area contributed by atoms with Crippen molar-refractivity contribution in [3.63, 3.8) is 0 Å². The van der Waals surface area contributed by atoms with Crippen LogP contribution < -0.4 is 10.2 Å². The molecule has 1 aromatic carbocycles. The number of hydrogen-bond acceptors (Lipinski definition) is 4. The molecule has 0 aliphatic carbocycles. The molecule has 0 atom stereocenters. The zero-order valence-corrected chi connectivity index (χ0v) is 17.4. The van der Waals surface area contributed by atoms with Crippen LogP contribution >= 0.6 is 0 Å². The molecule has 5 heteroatoms. The summed E-state index contributed by atoms with van der Waals surface area (Å²) in [5.74, 6) is 2.04. The predicted molar refractivity (Wildman–Crippen MR) is 114 cm³/mol. The van der Waals surface area contributed by atoms with Crippen LogP contribution in [0.2, 0.25) is 0 Å². The molecule has 27 heavy (non-hydrogen) atoms. The van der Waals surface area contributed by atoms with E-state index in [1.54, 1.807) is 0 Å². The molecule has 2 aromatic heterocycles. The van der Waals surface area contributed by atoms with Gasteiger partial charge in [0.15, 0.2) is 5.65 Å². The summed E-state index contributed by atoms with van der Waals surface area (Å²) in [6.45, 7) is 15.0. The molecule has 0 saturated carbocycles. The van der Waals surface area contributed by atoms with E-state index in [2.05, 4.69) is 69.0 Å². The summed E-state index contributed by atoms with van der Waals surface area (Å²) in [7, 11) is 0. The van der Waals surface area contributed by atoms with Crippen LogP contribution in [0, 0.1) is 27.7 Å². The molecule has 144 valence electrons. The van der Waals surface area contributed by atoms with E-state index in [4.69, 9.17) is 4.98 Å². The Morgan fingerprint density at radius 1 is 0.963 bits per heavy atom. The van der Waals surface area contributed by atoms with E-state index in [1.165, 1.54) is 16.7 Å². The Kier molecular flexibility index (Phi) is 5.68. The lowest BCUT2D eigenvalue weighted by atomic mass is 10.0. The van der Waals surface area contributed by atoms with Gasteiger partial charge in [-0.05, 0) is 63.3 Å². The first-order valence-electron chi connectivity index (χ1n) is 9.90. The van der Waals surface area contributed by atoms with Crippen LogP contribution in [0.4, 0.5) is 17.3 Å². The molecule has 1 N–H and O–H groups in total. The fourth-order valence-corrected chi connectivity index (χ4v) is 3.59. The quantitative estimate of drug-likeness (QED) is 0.614. The SMILES string of the molecule is CCCN(CCC)c1c(C)c(Nc2cc(C)c(C)cc2C)nc2ccnn12. The Morgan fingerprint density at radius 3 is 2.30 bits per heavy atom. The molecule has 3 rings (SSSR count). The number of aromatic nitrogens is 3.